The lowest BCUT2D eigenvalue weighted by molar-refractivity contribution is -0.130. The van der Waals surface area contributed by atoms with E-state index in [9.17, 15) is 9.59 Å². The number of Topliss-reactive ketones (excluding diaryl/α,β-unsaturated/α-hetero) is 1. The van der Waals surface area contributed by atoms with Crippen molar-refractivity contribution in [3.05, 3.63) is 0 Å². The van der Waals surface area contributed by atoms with E-state index in [0.29, 0.717) is 45.3 Å². The lowest BCUT2D eigenvalue weighted by atomic mass is 9.78. The monoisotopic (exact) mass is 916 g/mol. The maximum atomic E-state index is 11.1. The van der Waals surface area contributed by atoms with E-state index in [1.54, 1.807) is 25.9 Å². The van der Waals surface area contributed by atoms with Gasteiger partial charge >= 0.3 is 0 Å². The highest BCUT2D eigenvalue weighted by Crippen LogP contribution is 2.30. The molecule has 0 aliphatic rings. The fourth-order valence-electron chi connectivity index (χ4n) is 5.88. The van der Waals surface area contributed by atoms with Crippen LogP contribution in [0, 0.1) is 49.2 Å². The van der Waals surface area contributed by atoms with Crippen molar-refractivity contribution in [3.8, 4) is 0 Å². The zero-order chi connectivity index (χ0) is 53.9. The molecule has 5 nitrogen and oxygen atoms in total. The van der Waals surface area contributed by atoms with Crippen molar-refractivity contribution in [3.63, 3.8) is 0 Å². The molecule has 0 unspecified atom stereocenters. The molecule has 0 atom stereocenters. The number of hydrogen-bond acceptors (Lipinski definition) is 4. The van der Waals surface area contributed by atoms with Crippen molar-refractivity contribution in [1.29, 1.82) is 0 Å². The molecule has 0 N–H and O–H groups in total. The van der Waals surface area contributed by atoms with Crippen LogP contribution in [-0.4, -0.2) is 81.8 Å². The van der Waals surface area contributed by atoms with E-state index in [1.165, 1.54) is 57.9 Å². The van der Waals surface area contributed by atoms with Gasteiger partial charge in [0.2, 0.25) is 5.91 Å². The maximum Gasteiger partial charge on any atom is 0.222 e. The van der Waals surface area contributed by atoms with Crippen LogP contribution in [0.5, 0.6) is 0 Å². The first-order valence-electron chi connectivity index (χ1n) is 25.8. The molecule has 0 aliphatic carbocycles. The lowest BCUT2D eigenvalue weighted by Crippen LogP contribution is -2.26. The van der Waals surface area contributed by atoms with Gasteiger partial charge in [-0.25, -0.2) is 0 Å². The molecule has 0 rings (SSSR count). The average molecular weight is 917 g/mol. The van der Waals surface area contributed by atoms with Crippen LogP contribution < -0.4 is 0 Å². The van der Waals surface area contributed by atoms with Crippen LogP contribution in [0.2, 0.25) is 0 Å². The minimum Gasteiger partial charge on any atom is -0.349 e. The van der Waals surface area contributed by atoms with E-state index in [1.807, 2.05) is 0 Å². The van der Waals surface area contributed by atoms with E-state index in [4.69, 9.17) is 0 Å². The molecule has 0 aliphatic heterocycles. The predicted octanol–water partition coefficient (Wildman–Crippen LogP) is 18.7. The molecule has 0 aromatic heterocycles. The van der Waals surface area contributed by atoms with Gasteiger partial charge in [-0.05, 0) is 110 Å². The molecule has 0 bridgehead atoms. The molecule has 1 amide bonds. The molecule has 64 heavy (non-hydrogen) atoms. The Morgan fingerprint density at radius 2 is 0.703 bits per heavy atom. The normalized spacial score (nSPS) is 12.1. The number of rotatable bonds is 9. The van der Waals surface area contributed by atoms with Crippen LogP contribution in [0.15, 0.2) is 0 Å². The Bertz CT molecular complexity index is 994. The number of amides is 1. The van der Waals surface area contributed by atoms with E-state index < -0.39 is 0 Å². The highest BCUT2D eigenvalue weighted by atomic mass is 16.2. The summed E-state index contributed by atoms with van der Waals surface area (Å²) in [5.41, 5.74) is 3.38. The fraction of sp³-hybridized carbons (Fsp3) is 0.966. The Morgan fingerprint density at radius 1 is 0.406 bits per heavy atom. The fourth-order valence-corrected chi connectivity index (χ4v) is 5.88. The lowest BCUT2D eigenvalue weighted by Gasteiger charge is -2.28. The maximum absolute atomic E-state index is 11.1. The minimum absolute atomic E-state index is 0.112. The SMILES string of the molecule is CC(=O)CC(C)(C)C.CCC(C)(C)C.CCC(CC)C(C)(C)C.CCCC(C)(C)C.CCCC(C)(C)C.CN(C)C(=O)CC(C)(C)C.CN(C)CC(C)(C)C.CN(C)CCC(C)(C)C. The number of carbonyl (C=O) groups excluding carboxylic acids is 2. The second kappa shape index (κ2) is 39.0. The summed E-state index contributed by atoms with van der Waals surface area (Å²) < 4.78 is 0. The summed E-state index contributed by atoms with van der Waals surface area (Å²) in [6, 6.07) is 0. The van der Waals surface area contributed by atoms with Gasteiger partial charge in [-0.3, -0.25) is 4.79 Å². The molecule has 0 saturated carbocycles. The Balaban J connectivity index is -0.0000000937. The number of hydrogen-bond donors (Lipinski definition) is 0. The van der Waals surface area contributed by atoms with Crippen LogP contribution >= 0.6 is 0 Å². The summed E-state index contributed by atoms with van der Waals surface area (Å²) >= 11 is 0. The van der Waals surface area contributed by atoms with E-state index in [-0.39, 0.29) is 22.5 Å². The van der Waals surface area contributed by atoms with Crippen molar-refractivity contribution in [2.45, 2.75) is 272 Å². The van der Waals surface area contributed by atoms with Gasteiger partial charge in [0.15, 0.2) is 0 Å². The summed E-state index contributed by atoms with van der Waals surface area (Å²) in [6.07, 6.45) is 11.8. The van der Waals surface area contributed by atoms with Crippen molar-refractivity contribution >= 4 is 11.7 Å². The third-order valence-corrected chi connectivity index (χ3v) is 9.33. The molecule has 5 heteroatoms. The Labute approximate surface area is 411 Å². The van der Waals surface area contributed by atoms with Crippen LogP contribution in [-0.2, 0) is 9.59 Å². The van der Waals surface area contributed by atoms with E-state index >= 15 is 0 Å². The number of carbonyl (C=O) groups is 2. The zero-order valence-electron chi connectivity index (χ0n) is 52.2. The number of nitrogens with zero attached hydrogens (tertiary/aromatic N) is 3. The molecule has 0 fully saturated rings. The molecular weight excluding hydrogens is 783 g/mol. The standard InChI is InChI=1S/C9H20.C8H17NO.C8H19N.C7H17N.C7H14O.2C7H16.C6H14/c1-6-8(7-2)9(3,4)5;1-8(2,3)6-7(10)9(4)5;1-8(2,3)6-7-9(4)5;1-7(2,3)6-8(4)5;1-6(8)5-7(2,3)4;2*1-5-6-7(2,3)4;1-5-6(2,3)4/h8H,6-7H2,1-5H3;6H2,1-5H3;6-7H2,1-5H3;6H2,1-5H3;5H2,1-4H3;2*5-6H2,1-4H3;5H2,1-4H3. The molecule has 0 spiro atoms. The third kappa shape index (κ3) is 108. The molecule has 0 radical (unpaired) electrons. The summed E-state index contributed by atoms with van der Waals surface area (Å²) in [5.74, 6) is 1.38. The molecule has 0 aromatic carbocycles. The molecule has 0 saturated heterocycles. The van der Waals surface area contributed by atoms with Gasteiger partial charge in [-0.1, -0.05) is 233 Å². The third-order valence-electron chi connectivity index (χ3n) is 9.33. The highest BCUT2D eigenvalue weighted by molar-refractivity contribution is 5.76. The van der Waals surface area contributed by atoms with Crippen molar-refractivity contribution in [2.75, 3.05) is 55.4 Å². The first kappa shape index (κ1) is 80.1. The van der Waals surface area contributed by atoms with Crippen LogP contribution in [0.3, 0.4) is 0 Å². The van der Waals surface area contributed by atoms with Gasteiger partial charge in [-0.15, -0.1) is 0 Å². The topological polar surface area (TPSA) is 43.9 Å². The summed E-state index contributed by atoms with van der Waals surface area (Å²) in [5, 5.41) is 0. The van der Waals surface area contributed by atoms with Gasteiger partial charge in [0.25, 0.3) is 0 Å². The van der Waals surface area contributed by atoms with Crippen LogP contribution in [0.1, 0.15) is 272 Å². The second-order valence-electron chi connectivity index (χ2n) is 28.8. The quantitative estimate of drug-likeness (QED) is 0.231. The van der Waals surface area contributed by atoms with Crippen LogP contribution in [0.25, 0.3) is 0 Å². The van der Waals surface area contributed by atoms with Crippen LogP contribution in [0.4, 0.5) is 0 Å². The van der Waals surface area contributed by atoms with Gasteiger partial charge in [0.05, 0.1) is 0 Å². The summed E-state index contributed by atoms with van der Waals surface area (Å²) in [7, 11) is 12.0. The van der Waals surface area contributed by atoms with Gasteiger partial charge in [-0.2, -0.15) is 0 Å². The van der Waals surface area contributed by atoms with Crippen molar-refractivity contribution in [1.82, 2.24) is 14.7 Å². The zero-order valence-corrected chi connectivity index (χ0v) is 52.2. The van der Waals surface area contributed by atoms with E-state index in [0.717, 1.165) is 12.5 Å². The smallest absolute Gasteiger partial charge is 0.222 e. The Kier molecular flexibility index (Phi) is 48.8. The number of ketones is 1. The Hall–Kier alpha value is -0.940. The van der Waals surface area contributed by atoms with E-state index in [2.05, 4.69) is 239 Å². The molecule has 0 aromatic rings. The van der Waals surface area contributed by atoms with Gasteiger partial charge in [0.1, 0.15) is 5.78 Å². The van der Waals surface area contributed by atoms with Gasteiger partial charge in [0, 0.05) is 33.5 Å². The summed E-state index contributed by atoms with van der Waals surface area (Å²) in [6.45, 7) is 68.5. The minimum atomic E-state index is 0.112. The first-order chi connectivity index (χ1) is 27.8. The average Bonchev–Trinajstić information content (AvgIpc) is 2.97. The van der Waals surface area contributed by atoms with Gasteiger partial charge < -0.3 is 19.5 Å². The van der Waals surface area contributed by atoms with Crippen molar-refractivity contribution in [2.24, 2.45) is 49.2 Å². The predicted molar refractivity (Wildman–Crippen MR) is 300 cm³/mol. The molecule has 396 valence electrons. The largest absolute Gasteiger partial charge is 0.349 e. The first-order valence-corrected chi connectivity index (χ1v) is 25.8. The highest BCUT2D eigenvalue weighted by Gasteiger charge is 2.20. The molecule has 0 heterocycles. The Morgan fingerprint density at radius 3 is 0.734 bits per heavy atom. The summed E-state index contributed by atoms with van der Waals surface area (Å²) in [4.78, 5) is 27.6. The second-order valence-corrected chi connectivity index (χ2v) is 28.8. The molecular formula is C59H133N3O2. The van der Waals surface area contributed by atoms with Crippen molar-refractivity contribution < 1.29 is 9.59 Å².